The predicted molar refractivity (Wildman–Crippen MR) is 80.6 cm³/mol. The van der Waals surface area contributed by atoms with Gasteiger partial charge in [0.15, 0.2) is 0 Å². The monoisotopic (exact) mass is 310 g/mol. The van der Waals surface area contributed by atoms with Crippen LogP contribution in [0.5, 0.6) is 0 Å². The van der Waals surface area contributed by atoms with Crippen LogP contribution in [0, 0.1) is 0 Å². The average molecular weight is 311 g/mol. The van der Waals surface area contributed by atoms with Gasteiger partial charge >= 0.3 is 6.09 Å². The van der Waals surface area contributed by atoms with E-state index in [4.69, 9.17) is 16.3 Å². The van der Waals surface area contributed by atoms with E-state index in [0.717, 1.165) is 6.42 Å². The van der Waals surface area contributed by atoms with Crippen LogP contribution in [-0.2, 0) is 4.74 Å². The Balaban J connectivity index is 1.97. The molecule has 2 amide bonds. The third kappa shape index (κ3) is 4.11. The van der Waals surface area contributed by atoms with Crippen LogP contribution >= 0.6 is 11.6 Å². The third-order valence-electron chi connectivity index (χ3n) is 3.40. The largest absolute Gasteiger partial charge is 0.450 e. The van der Waals surface area contributed by atoms with Crippen molar-refractivity contribution in [1.29, 1.82) is 0 Å². The highest BCUT2D eigenvalue weighted by atomic mass is 35.5. The van der Waals surface area contributed by atoms with E-state index in [9.17, 15) is 9.59 Å². The number of amides is 2. The van der Waals surface area contributed by atoms with Crippen LogP contribution in [0.15, 0.2) is 24.3 Å². The molecule has 114 valence electrons. The molecule has 21 heavy (non-hydrogen) atoms. The van der Waals surface area contributed by atoms with E-state index < -0.39 is 0 Å². The summed E-state index contributed by atoms with van der Waals surface area (Å²) in [5.41, 5.74) is 0.615. The Kier molecular flexibility index (Phi) is 5.44. The van der Waals surface area contributed by atoms with Crippen molar-refractivity contribution in [3.8, 4) is 0 Å². The number of carbonyl (C=O) groups is 2. The lowest BCUT2D eigenvalue weighted by Gasteiger charge is -2.21. The molecule has 1 aliphatic heterocycles. The van der Waals surface area contributed by atoms with Crippen LogP contribution in [0.3, 0.4) is 0 Å². The molecule has 6 heteroatoms. The molecule has 0 atom stereocenters. The number of halogens is 1. The molecule has 2 rings (SSSR count). The molecule has 1 aromatic carbocycles. The Morgan fingerprint density at radius 3 is 2.38 bits per heavy atom. The van der Waals surface area contributed by atoms with Gasteiger partial charge in [0.25, 0.3) is 5.91 Å². The highest BCUT2D eigenvalue weighted by molar-refractivity contribution is 6.30. The van der Waals surface area contributed by atoms with Crippen molar-refractivity contribution in [2.45, 2.75) is 13.3 Å². The second-order valence-corrected chi connectivity index (χ2v) is 5.28. The number of rotatable bonds is 2. The Hall–Kier alpha value is -1.75. The van der Waals surface area contributed by atoms with Crippen molar-refractivity contribution in [3.05, 3.63) is 34.9 Å². The molecular formula is C15H19ClN2O3. The van der Waals surface area contributed by atoms with Gasteiger partial charge in [-0.05, 0) is 37.6 Å². The molecule has 0 unspecified atom stereocenters. The van der Waals surface area contributed by atoms with Gasteiger partial charge in [-0.2, -0.15) is 0 Å². The number of hydrogen-bond donors (Lipinski definition) is 0. The zero-order valence-corrected chi connectivity index (χ0v) is 12.8. The molecule has 1 aromatic rings. The lowest BCUT2D eigenvalue weighted by Crippen LogP contribution is -2.37. The van der Waals surface area contributed by atoms with Gasteiger partial charge in [-0.15, -0.1) is 0 Å². The molecule has 1 fully saturated rings. The first-order chi connectivity index (χ1) is 10.1. The van der Waals surface area contributed by atoms with Crippen LogP contribution in [0.4, 0.5) is 4.79 Å². The van der Waals surface area contributed by atoms with Crippen molar-refractivity contribution < 1.29 is 14.3 Å². The summed E-state index contributed by atoms with van der Waals surface area (Å²) >= 11 is 5.83. The van der Waals surface area contributed by atoms with Crippen LogP contribution < -0.4 is 0 Å². The minimum atomic E-state index is -0.307. The Labute approximate surface area is 129 Å². The SMILES string of the molecule is CCOC(=O)N1CCCN(C(=O)c2ccc(Cl)cc2)CC1. The van der Waals surface area contributed by atoms with E-state index in [1.807, 2.05) is 0 Å². The maximum atomic E-state index is 12.4. The van der Waals surface area contributed by atoms with Crippen LogP contribution in [-0.4, -0.2) is 54.6 Å². The molecule has 1 heterocycles. The summed E-state index contributed by atoms with van der Waals surface area (Å²) in [6, 6.07) is 6.85. The summed E-state index contributed by atoms with van der Waals surface area (Å²) in [6.07, 6.45) is 0.441. The summed E-state index contributed by atoms with van der Waals surface area (Å²) in [5, 5.41) is 0.607. The average Bonchev–Trinajstić information content (AvgIpc) is 2.73. The molecular weight excluding hydrogens is 292 g/mol. The molecule has 0 saturated carbocycles. The fraction of sp³-hybridized carbons (Fsp3) is 0.467. The number of hydrogen-bond acceptors (Lipinski definition) is 3. The second kappa shape index (κ2) is 7.31. The molecule has 0 N–H and O–H groups in total. The second-order valence-electron chi connectivity index (χ2n) is 4.84. The van der Waals surface area contributed by atoms with Crippen LogP contribution in [0.2, 0.25) is 5.02 Å². The van der Waals surface area contributed by atoms with E-state index in [0.29, 0.717) is 43.4 Å². The lowest BCUT2D eigenvalue weighted by molar-refractivity contribution is 0.0753. The van der Waals surface area contributed by atoms with Gasteiger partial charge in [0, 0.05) is 36.8 Å². The van der Waals surface area contributed by atoms with Crippen LogP contribution in [0.25, 0.3) is 0 Å². The van der Waals surface area contributed by atoms with Gasteiger partial charge in [0.05, 0.1) is 6.61 Å². The molecule has 0 spiro atoms. The molecule has 5 nitrogen and oxygen atoms in total. The fourth-order valence-corrected chi connectivity index (χ4v) is 2.42. The Bertz CT molecular complexity index is 504. The zero-order valence-electron chi connectivity index (χ0n) is 12.0. The highest BCUT2D eigenvalue weighted by Gasteiger charge is 2.23. The first-order valence-electron chi connectivity index (χ1n) is 7.08. The predicted octanol–water partition coefficient (Wildman–Crippen LogP) is 2.64. The number of nitrogens with zero attached hydrogens (tertiary/aromatic N) is 2. The summed E-state index contributed by atoms with van der Waals surface area (Å²) < 4.78 is 5.00. The summed E-state index contributed by atoms with van der Waals surface area (Å²) in [5.74, 6) is -0.0302. The summed E-state index contributed by atoms with van der Waals surface area (Å²) in [4.78, 5) is 27.6. The first kappa shape index (κ1) is 15.6. The molecule has 0 aromatic heterocycles. The maximum Gasteiger partial charge on any atom is 0.409 e. The minimum Gasteiger partial charge on any atom is -0.450 e. The third-order valence-corrected chi connectivity index (χ3v) is 3.65. The molecule has 1 saturated heterocycles. The van der Waals surface area contributed by atoms with Gasteiger partial charge in [0.1, 0.15) is 0 Å². The normalized spacial score (nSPS) is 15.5. The van der Waals surface area contributed by atoms with Gasteiger partial charge in [-0.25, -0.2) is 4.79 Å². The van der Waals surface area contributed by atoms with E-state index in [2.05, 4.69) is 0 Å². The minimum absolute atomic E-state index is 0.0302. The van der Waals surface area contributed by atoms with Crippen molar-refractivity contribution in [1.82, 2.24) is 9.80 Å². The van der Waals surface area contributed by atoms with Crippen molar-refractivity contribution in [2.24, 2.45) is 0 Å². The Morgan fingerprint density at radius 2 is 1.71 bits per heavy atom. The number of benzene rings is 1. The number of ether oxygens (including phenoxy) is 1. The zero-order chi connectivity index (χ0) is 15.2. The van der Waals surface area contributed by atoms with E-state index >= 15 is 0 Å². The molecule has 1 aliphatic rings. The Morgan fingerprint density at radius 1 is 1.10 bits per heavy atom. The van der Waals surface area contributed by atoms with Gasteiger partial charge in [-0.3, -0.25) is 4.79 Å². The van der Waals surface area contributed by atoms with Crippen molar-refractivity contribution >= 4 is 23.6 Å². The first-order valence-corrected chi connectivity index (χ1v) is 7.46. The maximum absolute atomic E-state index is 12.4. The van der Waals surface area contributed by atoms with E-state index in [1.165, 1.54) is 0 Å². The molecule has 0 radical (unpaired) electrons. The lowest BCUT2D eigenvalue weighted by atomic mass is 10.2. The van der Waals surface area contributed by atoms with Gasteiger partial charge in [0.2, 0.25) is 0 Å². The van der Waals surface area contributed by atoms with Gasteiger partial charge in [-0.1, -0.05) is 11.6 Å². The summed E-state index contributed by atoms with van der Waals surface area (Å²) in [6.45, 7) is 4.41. The van der Waals surface area contributed by atoms with Gasteiger partial charge < -0.3 is 14.5 Å². The highest BCUT2D eigenvalue weighted by Crippen LogP contribution is 2.13. The van der Waals surface area contributed by atoms with E-state index in [1.54, 1.807) is 41.0 Å². The van der Waals surface area contributed by atoms with Crippen LogP contribution in [0.1, 0.15) is 23.7 Å². The smallest absolute Gasteiger partial charge is 0.409 e. The molecule has 0 aliphatic carbocycles. The number of carbonyl (C=O) groups excluding carboxylic acids is 2. The summed E-state index contributed by atoms with van der Waals surface area (Å²) in [7, 11) is 0. The quantitative estimate of drug-likeness (QED) is 0.844. The van der Waals surface area contributed by atoms with Crippen molar-refractivity contribution in [3.63, 3.8) is 0 Å². The topological polar surface area (TPSA) is 49.9 Å². The standard InChI is InChI=1S/C15H19ClN2O3/c1-2-21-15(20)18-9-3-8-17(10-11-18)14(19)12-4-6-13(16)7-5-12/h4-7H,2-3,8-11H2,1H3. The molecule has 0 bridgehead atoms. The van der Waals surface area contributed by atoms with E-state index in [-0.39, 0.29) is 12.0 Å². The van der Waals surface area contributed by atoms with Crippen molar-refractivity contribution in [2.75, 3.05) is 32.8 Å². The fourth-order valence-electron chi connectivity index (χ4n) is 2.29.